The molecule has 1 aliphatic rings. The number of nitrogens with zero attached hydrogens (tertiary/aromatic N) is 1. The van der Waals surface area contributed by atoms with Crippen LogP contribution in [-0.4, -0.2) is 39.6 Å². The minimum Gasteiger partial charge on any atom is -0.408 e. The summed E-state index contributed by atoms with van der Waals surface area (Å²) in [6, 6.07) is 12.9. The molecule has 0 saturated carbocycles. The Morgan fingerprint density at radius 1 is 1.03 bits per heavy atom. The maximum Gasteiger partial charge on any atom is 0.417 e. The highest BCUT2D eigenvalue weighted by Crippen LogP contribution is 2.28. The second kappa shape index (κ2) is 8.78. The Morgan fingerprint density at radius 3 is 2.59 bits per heavy atom. The molecule has 8 heteroatoms. The maximum absolute atomic E-state index is 12.7. The molecular formula is C26H25N3O5. The molecule has 2 aromatic heterocycles. The number of rotatable bonds is 5. The lowest BCUT2D eigenvalue weighted by Gasteiger charge is -2.32. The lowest BCUT2D eigenvalue weighted by molar-refractivity contribution is -0.132. The molecule has 1 saturated heterocycles. The van der Waals surface area contributed by atoms with Crippen molar-refractivity contribution in [1.29, 1.82) is 0 Å². The number of para-hydroxylation sites is 1. The number of H-pyrrole nitrogens is 2. The van der Waals surface area contributed by atoms with Gasteiger partial charge in [-0.3, -0.25) is 19.4 Å². The molecule has 5 rings (SSSR count). The van der Waals surface area contributed by atoms with Gasteiger partial charge in [0.05, 0.1) is 5.52 Å². The van der Waals surface area contributed by atoms with E-state index >= 15 is 0 Å². The number of aromatic amines is 2. The largest absolute Gasteiger partial charge is 0.417 e. The molecule has 1 amide bonds. The Bertz CT molecular complexity index is 1520. The van der Waals surface area contributed by atoms with Crippen LogP contribution >= 0.6 is 0 Å². The van der Waals surface area contributed by atoms with Crippen molar-refractivity contribution in [3.05, 3.63) is 80.1 Å². The van der Waals surface area contributed by atoms with Crippen LogP contribution in [0.25, 0.3) is 22.0 Å². The summed E-state index contributed by atoms with van der Waals surface area (Å²) in [5.41, 5.74) is 3.60. The van der Waals surface area contributed by atoms with E-state index in [1.807, 2.05) is 30.3 Å². The number of aryl methyl sites for hydroxylation is 1. The van der Waals surface area contributed by atoms with Gasteiger partial charge in [-0.2, -0.15) is 0 Å². The van der Waals surface area contributed by atoms with Crippen molar-refractivity contribution in [3.63, 3.8) is 0 Å². The SMILES string of the molecule is Cc1cc(C(=O)CCC(=O)N2CCC(c3cc4ccccc4[nH]c3=O)CC2)cc2oc(=O)[nH]c12. The maximum atomic E-state index is 12.7. The molecule has 0 spiro atoms. The summed E-state index contributed by atoms with van der Waals surface area (Å²) in [7, 11) is 0. The summed E-state index contributed by atoms with van der Waals surface area (Å²) in [5, 5.41) is 1.00. The fraction of sp³-hybridized carbons (Fsp3) is 0.308. The standard InChI is InChI=1S/C26H25N3O5/c1-15-12-18(14-22-24(15)28-26(33)34-22)21(30)6-7-23(31)29-10-8-16(9-11-29)19-13-17-4-2-3-5-20(17)27-25(19)32/h2-5,12-14,16H,6-11H2,1H3,(H,27,32)(H,28,33). The molecule has 4 aromatic rings. The van der Waals surface area contributed by atoms with E-state index in [1.165, 1.54) is 0 Å². The zero-order valence-electron chi connectivity index (χ0n) is 18.8. The van der Waals surface area contributed by atoms with E-state index in [0.29, 0.717) is 42.6 Å². The van der Waals surface area contributed by atoms with Gasteiger partial charge in [0, 0.05) is 42.6 Å². The number of carbonyl (C=O) groups is 2. The number of oxazole rings is 1. The number of carbonyl (C=O) groups excluding carboxylic acids is 2. The number of benzene rings is 2. The van der Waals surface area contributed by atoms with E-state index in [1.54, 1.807) is 24.0 Å². The van der Waals surface area contributed by atoms with Crippen molar-refractivity contribution in [1.82, 2.24) is 14.9 Å². The van der Waals surface area contributed by atoms with E-state index in [4.69, 9.17) is 4.42 Å². The van der Waals surface area contributed by atoms with E-state index in [-0.39, 0.29) is 36.0 Å². The number of fused-ring (bicyclic) bond motifs is 2. The fourth-order valence-electron chi connectivity index (χ4n) is 4.81. The van der Waals surface area contributed by atoms with E-state index in [0.717, 1.165) is 22.0 Å². The van der Waals surface area contributed by atoms with E-state index < -0.39 is 5.76 Å². The molecule has 34 heavy (non-hydrogen) atoms. The highest BCUT2D eigenvalue weighted by atomic mass is 16.4. The lowest BCUT2D eigenvalue weighted by atomic mass is 9.89. The summed E-state index contributed by atoms with van der Waals surface area (Å²) >= 11 is 0. The van der Waals surface area contributed by atoms with E-state index in [9.17, 15) is 19.2 Å². The number of Topliss-reactive ketones (excluding diaryl/α,β-unsaturated/α-hetero) is 1. The zero-order chi connectivity index (χ0) is 23.8. The van der Waals surface area contributed by atoms with Crippen LogP contribution < -0.4 is 11.3 Å². The van der Waals surface area contributed by atoms with Crippen molar-refractivity contribution in [3.8, 4) is 0 Å². The van der Waals surface area contributed by atoms with E-state index in [2.05, 4.69) is 9.97 Å². The predicted octanol–water partition coefficient (Wildman–Crippen LogP) is 3.64. The van der Waals surface area contributed by atoms with Gasteiger partial charge in [0.1, 0.15) is 0 Å². The highest BCUT2D eigenvalue weighted by Gasteiger charge is 2.26. The number of hydrogen-bond acceptors (Lipinski definition) is 5. The van der Waals surface area contributed by atoms with Crippen LogP contribution in [0.3, 0.4) is 0 Å². The van der Waals surface area contributed by atoms with Gasteiger partial charge in [0.25, 0.3) is 5.56 Å². The second-order valence-corrected chi connectivity index (χ2v) is 8.90. The number of nitrogens with one attached hydrogen (secondary N) is 2. The van der Waals surface area contributed by atoms with Gasteiger partial charge >= 0.3 is 5.76 Å². The third kappa shape index (κ3) is 4.19. The smallest absolute Gasteiger partial charge is 0.408 e. The summed E-state index contributed by atoms with van der Waals surface area (Å²) in [6.45, 7) is 2.91. The van der Waals surface area contributed by atoms with Crippen LogP contribution in [0.2, 0.25) is 0 Å². The van der Waals surface area contributed by atoms with Gasteiger partial charge in [0.15, 0.2) is 11.4 Å². The van der Waals surface area contributed by atoms with Crippen LogP contribution in [-0.2, 0) is 4.79 Å². The molecule has 0 radical (unpaired) electrons. The number of piperidine rings is 1. The van der Waals surface area contributed by atoms with Crippen LogP contribution in [0.5, 0.6) is 0 Å². The average Bonchev–Trinajstić information content (AvgIpc) is 3.23. The van der Waals surface area contributed by atoms with Crippen molar-refractivity contribution in [2.24, 2.45) is 0 Å². The molecule has 1 aliphatic heterocycles. The van der Waals surface area contributed by atoms with Crippen LogP contribution in [0, 0.1) is 6.92 Å². The van der Waals surface area contributed by atoms with Gasteiger partial charge in [-0.1, -0.05) is 18.2 Å². The average molecular weight is 460 g/mol. The summed E-state index contributed by atoms with van der Waals surface area (Å²) < 4.78 is 5.08. The number of pyridine rings is 1. The van der Waals surface area contributed by atoms with Crippen LogP contribution in [0.15, 0.2) is 56.5 Å². The molecule has 1 fully saturated rings. The summed E-state index contributed by atoms with van der Waals surface area (Å²) in [5.74, 6) is -0.693. The molecule has 0 aliphatic carbocycles. The molecule has 2 aromatic carbocycles. The molecule has 0 unspecified atom stereocenters. The van der Waals surface area contributed by atoms with Gasteiger partial charge in [-0.15, -0.1) is 0 Å². The van der Waals surface area contributed by atoms with Crippen molar-refractivity contribution in [2.45, 2.75) is 38.5 Å². The first-order valence-electron chi connectivity index (χ1n) is 11.5. The normalized spacial score (nSPS) is 14.7. The number of hydrogen-bond donors (Lipinski definition) is 2. The number of ketones is 1. The Kier molecular flexibility index (Phi) is 5.65. The van der Waals surface area contributed by atoms with Crippen molar-refractivity contribution >= 4 is 33.7 Å². The second-order valence-electron chi connectivity index (χ2n) is 8.90. The molecule has 3 heterocycles. The van der Waals surface area contributed by atoms with Gasteiger partial charge < -0.3 is 14.3 Å². The molecule has 0 bridgehead atoms. The fourth-order valence-corrected chi connectivity index (χ4v) is 4.81. The monoisotopic (exact) mass is 459 g/mol. The Hall–Kier alpha value is -3.94. The van der Waals surface area contributed by atoms with Crippen molar-refractivity contribution in [2.75, 3.05) is 13.1 Å². The third-order valence-electron chi connectivity index (χ3n) is 6.69. The molecule has 0 atom stereocenters. The van der Waals surface area contributed by atoms with Gasteiger partial charge in [0.2, 0.25) is 5.91 Å². The number of likely N-dealkylation sites (tertiary alicyclic amines) is 1. The van der Waals surface area contributed by atoms with Crippen molar-refractivity contribution < 1.29 is 14.0 Å². The first kappa shape index (κ1) is 21.9. The summed E-state index contributed by atoms with van der Waals surface area (Å²) in [6.07, 6.45) is 1.63. The first-order chi connectivity index (χ1) is 16.4. The minimum atomic E-state index is -0.563. The predicted molar refractivity (Wildman–Crippen MR) is 128 cm³/mol. The van der Waals surface area contributed by atoms with Crippen LogP contribution in [0.4, 0.5) is 0 Å². The number of amides is 1. The minimum absolute atomic E-state index is 0.0646. The van der Waals surface area contributed by atoms with Crippen LogP contribution in [0.1, 0.15) is 53.1 Å². The molecule has 8 nitrogen and oxygen atoms in total. The quantitative estimate of drug-likeness (QED) is 0.442. The lowest BCUT2D eigenvalue weighted by Crippen LogP contribution is -2.38. The Balaban J connectivity index is 1.19. The Labute approximate surface area is 194 Å². The topological polar surface area (TPSA) is 116 Å². The first-order valence-corrected chi connectivity index (χ1v) is 11.5. The van der Waals surface area contributed by atoms with Gasteiger partial charge in [-0.05, 0) is 60.9 Å². The Morgan fingerprint density at radius 2 is 1.79 bits per heavy atom. The summed E-state index contributed by atoms with van der Waals surface area (Å²) in [4.78, 5) is 56.7. The third-order valence-corrected chi connectivity index (χ3v) is 6.69. The van der Waals surface area contributed by atoms with Gasteiger partial charge in [-0.25, -0.2) is 4.79 Å². The molecular weight excluding hydrogens is 434 g/mol. The number of aromatic nitrogens is 2. The highest BCUT2D eigenvalue weighted by molar-refractivity contribution is 6.00. The molecule has 2 N–H and O–H groups in total. The molecule has 174 valence electrons. The zero-order valence-corrected chi connectivity index (χ0v) is 18.8.